The summed E-state index contributed by atoms with van der Waals surface area (Å²) < 4.78 is 0. The molecule has 2 aromatic rings. The lowest BCUT2D eigenvalue weighted by Gasteiger charge is -2.31. The minimum atomic E-state index is 0.516. The fourth-order valence-electron chi connectivity index (χ4n) is 3.49. The summed E-state index contributed by atoms with van der Waals surface area (Å²) in [5.41, 5.74) is 2.89. The molecule has 116 valence electrons. The standard InChI is InChI=1S/C21H27N/c1-18-12-15-22(16-13-18)17-14-21(19-8-4-2-5-9-19)20-10-6-3-7-11-20/h2-11,18,21H,12-17H2,1H3. The highest BCUT2D eigenvalue weighted by molar-refractivity contribution is 5.32. The molecule has 3 rings (SSSR count). The quantitative estimate of drug-likeness (QED) is 0.754. The molecule has 1 heteroatoms. The highest BCUT2D eigenvalue weighted by atomic mass is 15.1. The van der Waals surface area contributed by atoms with E-state index in [1.54, 1.807) is 0 Å². The molecule has 1 aliphatic rings. The summed E-state index contributed by atoms with van der Waals surface area (Å²) in [5, 5.41) is 0. The topological polar surface area (TPSA) is 3.24 Å². The summed E-state index contributed by atoms with van der Waals surface area (Å²) in [7, 11) is 0. The van der Waals surface area contributed by atoms with E-state index < -0.39 is 0 Å². The molecule has 0 N–H and O–H groups in total. The van der Waals surface area contributed by atoms with Crippen LogP contribution < -0.4 is 0 Å². The fourth-order valence-corrected chi connectivity index (χ4v) is 3.49. The molecule has 0 atom stereocenters. The van der Waals surface area contributed by atoms with Gasteiger partial charge in [-0.1, -0.05) is 67.6 Å². The molecule has 0 amide bonds. The molecule has 1 fully saturated rings. The molecule has 0 aromatic heterocycles. The second kappa shape index (κ2) is 7.60. The number of hydrogen-bond acceptors (Lipinski definition) is 1. The average molecular weight is 293 g/mol. The number of hydrogen-bond donors (Lipinski definition) is 0. The molecule has 2 aromatic carbocycles. The van der Waals surface area contributed by atoms with Gasteiger partial charge in [0.1, 0.15) is 0 Å². The summed E-state index contributed by atoms with van der Waals surface area (Å²) in [6.45, 7) is 6.14. The van der Waals surface area contributed by atoms with Gasteiger partial charge in [0.15, 0.2) is 0 Å². The minimum Gasteiger partial charge on any atom is -0.303 e. The van der Waals surface area contributed by atoms with Gasteiger partial charge in [-0.3, -0.25) is 0 Å². The van der Waals surface area contributed by atoms with Gasteiger partial charge in [-0.2, -0.15) is 0 Å². The van der Waals surface area contributed by atoms with Gasteiger partial charge in [0.05, 0.1) is 0 Å². The summed E-state index contributed by atoms with van der Waals surface area (Å²) in [6.07, 6.45) is 3.94. The predicted octanol–water partition coefficient (Wildman–Crippen LogP) is 4.94. The molecule has 1 nitrogen and oxygen atoms in total. The lowest BCUT2D eigenvalue weighted by atomic mass is 9.88. The lowest BCUT2D eigenvalue weighted by Crippen LogP contribution is -2.34. The number of likely N-dealkylation sites (tertiary alicyclic amines) is 1. The van der Waals surface area contributed by atoms with Crippen LogP contribution in [0, 0.1) is 5.92 Å². The van der Waals surface area contributed by atoms with Crippen LogP contribution in [0.4, 0.5) is 0 Å². The molecule has 0 bridgehead atoms. The van der Waals surface area contributed by atoms with Gasteiger partial charge in [0, 0.05) is 5.92 Å². The van der Waals surface area contributed by atoms with Crippen LogP contribution in [0.25, 0.3) is 0 Å². The Kier molecular flexibility index (Phi) is 5.29. The Hall–Kier alpha value is -1.60. The normalized spacial score (nSPS) is 17.0. The summed E-state index contributed by atoms with van der Waals surface area (Å²) >= 11 is 0. The molecule has 1 aliphatic heterocycles. The Morgan fingerprint density at radius 3 is 1.86 bits per heavy atom. The van der Waals surface area contributed by atoms with E-state index in [-0.39, 0.29) is 0 Å². The lowest BCUT2D eigenvalue weighted by molar-refractivity contribution is 0.188. The Labute approximate surface area is 135 Å². The molecule has 0 radical (unpaired) electrons. The number of benzene rings is 2. The van der Waals surface area contributed by atoms with Crippen molar-refractivity contribution >= 4 is 0 Å². The maximum atomic E-state index is 2.65. The minimum absolute atomic E-state index is 0.516. The van der Waals surface area contributed by atoms with Crippen molar-refractivity contribution in [2.24, 2.45) is 5.92 Å². The van der Waals surface area contributed by atoms with Crippen LogP contribution in [-0.4, -0.2) is 24.5 Å². The second-order valence-corrected chi connectivity index (χ2v) is 6.69. The monoisotopic (exact) mass is 293 g/mol. The number of nitrogens with zero attached hydrogens (tertiary/aromatic N) is 1. The summed E-state index contributed by atoms with van der Waals surface area (Å²) in [5.74, 6) is 1.43. The molecule has 22 heavy (non-hydrogen) atoms. The van der Waals surface area contributed by atoms with E-state index in [1.165, 1.54) is 50.0 Å². The third-order valence-corrected chi connectivity index (χ3v) is 5.01. The predicted molar refractivity (Wildman–Crippen MR) is 94.2 cm³/mol. The first kappa shape index (κ1) is 15.3. The molecule has 0 spiro atoms. The molecule has 1 saturated heterocycles. The Morgan fingerprint density at radius 2 is 1.36 bits per heavy atom. The summed E-state index contributed by atoms with van der Waals surface area (Å²) in [6, 6.07) is 22.0. The van der Waals surface area contributed by atoms with Crippen molar-refractivity contribution in [1.82, 2.24) is 4.90 Å². The first-order valence-corrected chi connectivity index (χ1v) is 8.65. The van der Waals surface area contributed by atoms with E-state index in [9.17, 15) is 0 Å². The van der Waals surface area contributed by atoms with Crippen molar-refractivity contribution in [3.05, 3.63) is 71.8 Å². The Morgan fingerprint density at radius 1 is 0.864 bits per heavy atom. The van der Waals surface area contributed by atoms with Crippen LogP contribution in [0.2, 0.25) is 0 Å². The number of rotatable bonds is 5. The molecule has 0 saturated carbocycles. The van der Waals surface area contributed by atoms with Crippen molar-refractivity contribution in [2.75, 3.05) is 19.6 Å². The van der Waals surface area contributed by atoms with Gasteiger partial charge in [-0.25, -0.2) is 0 Å². The van der Waals surface area contributed by atoms with Gasteiger partial charge >= 0.3 is 0 Å². The Balaban J connectivity index is 1.70. The van der Waals surface area contributed by atoms with E-state index in [4.69, 9.17) is 0 Å². The zero-order chi connectivity index (χ0) is 15.2. The van der Waals surface area contributed by atoms with Crippen LogP contribution in [-0.2, 0) is 0 Å². The SMILES string of the molecule is CC1CCN(CCC(c2ccccc2)c2ccccc2)CC1. The maximum absolute atomic E-state index is 2.65. The molecule has 0 unspecified atom stereocenters. The van der Waals surface area contributed by atoms with Crippen LogP contribution in [0.3, 0.4) is 0 Å². The van der Waals surface area contributed by atoms with E-state index in [1.807, 2.05) is 0 Å². The van der Waals surface area contributed by atoms with Gasteiger partial charge in [0.25, 0.3) is 0 Å². The van der Waals surface area contributed by atoms with Gasteiger partial charge in [-0.05, 0) is 55.9 Å². The Bertz CT molecular complexity index is 501. The van der Waals surface area contributed by atoms with E-state index in [0.717, 1.165) is 5.92 Å². The first-order chi connectivity index (χ1) is 10.8. The zero-order valence-electron chi connectivity index (χ0n) is 13.6. The van der Waals surface area contributed by atoms with Crippen LogP contribution in [0.1, 0.15) is 43.2 Å². The van der Waals surface area contributed by atoms with E-state index in [2.05, 4.69) is 72.5 Å². The van der Waals surface area contributed by atoms with Crippen molar-refractivity contribution in [1.29, 1.82) is 0 Å². The molecular formula is C21H27N. The maximum Gasteiger partial charge on any atom is 0.0101 e. The highest BCUT2D eigenvalue weighted by Gasteiger charge is 2.19. The van der Waals surface area contributed by atoms with Crippen molar-refractivity contribution in [3.8, 4) is 0 Å². The fraction of sp³-hybridized carbons (Fsp3) is 0.429. The third-order valence-electron chi connectivity index (χ3n) is 5.01. The van der Waals surface area contributed by atoms with Gasteiger partial charge < -0.3 is 4.90 Å². The molecule has 0 aliphatic carbocycles. The largest absolute Gasteiger partial charge is 0.303 e. The van der Waals surface area contributed by atoms with Crippen LogP contribution in [0.15, 0.2) is 60.7 Å². The van der Waals surface area contributed by atoms with E-state index in [0.29, 0.717) is 5.92 Å². The van der Waals surface area contributed by atoms with Gasteiger partial charge in [0.2, 0.25) is 0 Å². The first-order valence-electron chi connectivity index (χ1n) is 8.65. The van der Waals surface area contributed by atoms with Crippen LogP contribution >= 0.6 is 0 Å². The van der Waals surface area contributed by atoms with Crippen molar-refractivity contribution in [2.45, 2.75) is 32.1 Å². The van der Waals surface area contributed by atoms with Crippen molar-refractivity contribution < 1.29 is 0 Å². The van der Waals surface area contributed by atoms with Crippen molar-refractivity contribution in [3.63, 3.8) is 0 Å². The highest BCUT2D eigenvalue weighted by Crippen LogP contribution is 2.28. The third kappa shape index (κ3) is 3.98. The second-order valence-electron chi connectivity index (χ2n) is 6.69. The smallest absolute Gasteiger partial charge is 0.0101 e. The molecule has 1 heterocycles. The van der Waals surface area contributed by atoms with E-state index >= 15 is 0 Å². The van der Waals surface area contributed by atoms with Gasteiger partial charge in [-0.15, -0.1) is 0 Å². The summed E-state index contributed by atoms with van der Waals surface area (Å²) in [4.78, 5) is 2.65. The van der Waals surface area contributed by atoms with Crippen LogP contribution in [0.5, 0.6) is 0 Å². The average Bonchev–Trinajstić information content (AvgIpc) is 2.59. The number of piperidine rings is 1. The zero-order valence-corrected chi connectivity index (χ0v) is 13.6. The molecular weight excluding hydrogens is 266 g/mol.